The van der Waals surface area contributed by atoms with Crippen molar-refractivity contribution in [2.75, 3.05) is 13.6 Å². The molecule has 1 N–H and O–H groups in total. The molecule has 0 saturated heterocycles. The second kappa shape index (κ2) is 5.82. The molecule has 0 spiro atoms. The largest absolute Gasteiger partial charge is 0.416 e. The van der Waals surface area contributed by atoms with E-state index in [1.807, 2.05) is 0 Å². The summed E-state index contributed by atoms with van der Waals surface area (Å²) in [6.45, 7) is 0.539. The van der Waals surface area contributed by atoms with Gasteiger partial charge >= 0.3 is 6.18 Å². The van der Waals surface area contributed by atoms with Crippen LogP contribution in [0.3, 0.4) is 0 Å². The van der Waals surface area contributed by atoms with Crippen LogP contribution in [0, 0.1) is 0 Å². The van der Waals surface area contributed by atoms with Gasteiger partial charge in [-0.25, -0.2) is 0 Å². The molecule has 94 valence electrons. The van der Waals surface area contributed by atoms with Crippen molar-refractivity contribution >= 4 is 5.78 Å². The second-order valence-electron chi connectivity index (χ2n) is 3.77. The summed E-state index contributed by atoms with van der Waals surface area (Å²) in [6.07, 6.45) is -3.98. The molecule has 1 rings (SSSR count). The lowest BCUT2D eigenvalue weighted by Crippen LogP contribution is -2.14. The van der Waals surface area contributed by atoms with E-state index in [4.69, 9.17) is 0 Å². The fourth-order valence-electron chi connectivity index (χ4n) is 1.44. The summed E-state index contributed by atoms with van der Waals surface area (Å²) in [7, 11) is 1.72. The molecule has 0 atom stereocenters. The van der Waals surface area contributed by atoms with Gasteiger partial charge in [0.15, 0.2) is 0 Å². The summed E-state index contributed by atoms with van der Waals surface area (Å²) in [5, 5.41) is 2.82. The van der Waals surface area contributed by atoms with Gasteiger partial charge in [-0.1, -0.05) is 18.2 Å². The second-order valence-corrected chi connectivity index (χ2v) is 3.77. The van der Waals surface area contributed by atoms with E-state index in [0.717, 1.165) is 12.1 Å². The van der Waals surface area contributed by atoms with Crippen LogP contribution in [-0.2, 0) is 17.4 Å². The lowest BCUT2D eigenvalue weighted by molar-refractivity contribution is -0.137. The number of benzene rings is 1. The van der Waals surface area contributed by atoms with Crippen LogP contribution in [0.25, 0.3) is 0 Å². The number of carbonyl (C=O) groups excluding carboxylic acids is 1. The van der Waals surface area contributed by atoms with Crippen molar-refractivity contribution in [2.24, 2.45) is 0 Å². The maximum atomic E-state index is 12.4. The number of carbonyl (C=O) groups is 1. The van der Waals surface area contributed by atoms with Crippen LogP contribution in [0.1, 0.15) is 17.5 Å². The third-order valence-corrected chi connectivity index (χ3v) is 2.31. The average molecular weight is 245 g/mol. The van der Waals surface area contributed by atoms with Crippen molar-refractivity contribution in [3.8, 4) is 0 Å². The molecule has 1 aromatic rings. The topological polar surface area (TPSA) is 29.1 Å². The highest BCUT2D eigenvalue weighted by molar-refractivity contribution is 5.81. The van der Waals surface area contributed by atoms with Gasteiger partial charge in [0.25, 0.3) is 0 Å². The van der Waals surface area contributed by atoms with Gasteiger partial charge < -0.3 is 5.32 Å². The van der Waals surface area contributed by atoms with E-state index in [-0.39, 0.29) is 12.2 Å². The minimum Gasteiger partial charge on any atom is -0.319 e. The molecule has 17 heavy (non-hydrogen) atoms. The number of alkyl halides is 3. The average Bonchev–Trinajstić information content (AvgIpc) is 2.25. The van der Waals surface area contributed by atoms with E-state index in [0.29, 0.717) is 18.5 Å². The van der Waals surface area contributed by atoms with Gasteiger partial charge in [0.05, 0.1) is 5.56 Å². The highest BCUT2D eigenvalue weighted by Crippen LogP contribution is 2.29. The van der Waals surface area contributed by atoms with E-state index < -0.39 is 11.7 Å². The van der Waals surface area contributed by atoms with Crippen molar-refractivity contribution in [2.45, 2.75) is 19.0 Å². The number of Topliss-reactive ketones (excluding diaryl/α,β-unsaturated/α-hetero) is 1. The Balaban J connectivity index is 2.69. The van der Waals surface area contributed by atoms with Gasteiger partial charge in [-0.3, -0.25) is 4.79 Å². The fraction of sp³-hybridized carbons (Fsp3) is 0.417. The quantitative estimate of drug-likeness (QED) is 0.863. The first-order valence-electron chi connectivity index (χ1n) is 5.26. The predicted octanol–water partition coefficient (Wildman–Crippen LogP) is 2.43. The first kappa shape index (κ1) is 13.7. The smallest absolute Gasteiger partial charge is 0.319 e. The van der Waals surface area contributed by atoms with Gasteiger partial charge in [-0.15, -0.1) is 0 Å². The monoisotopic (exact) mass is 245 g/mol. The van der Waals surface area contributed by atoms with E-state index >= 15 is 0 Å². The maximum Gasteiger partial charge on any atom is 0.416 e. The molecule has 1 aromatic carbocycles. The number of halogens is 3. The van der Waals surface area contributed by atoms with Crippen molar-refractivity contribution in [1.82, 2.24) is 5.32 Å². The molecular formula is C12H14F3NO. The minimum atomic E-state index is -4.36. The van der Waals surface area contributed by atoms with Gasteiger partial charge in [0.1, 0.15) is 5.78 Å². The van der Waals surface area contributed by atoms with E-state index in [2.05, 4.69) is 5.32 Å². The number of hydrogen-bond acceptors (Lipinski definition) is 2. The van der Waals surface area contributed by atoms with Crippen molar-refractivity contribution in [1.29, 1.82) is 0 Å². The summed E-state index contributed by atoms with van der Waals surface area (Å²) in [6, 6.07) is 4.88. The lowest BCUT2D eigenvalue weighted by atomic mass is 10.0. The van der Waals surface area contributed by atoms with Crippen LogP contribution < -0.4 is 5.32 Å². The van der Waals surface area contributed by atoms with Crippen LogP contribution >= 0.6 is 0 Å². The number of hydrogen-bond donors (Lipinski definition) is 1. The predicted molar refractivity (Wildman–Crippen MR) is 58.7 cm³/mol. The fourth-order valence-corrected chi connectivity index (χ4v) is 1.44. The van der Waals surface area contributed by atoms with E-state index in [1.165, 1.54) is 12.1 Å². The van der Waals surface area contributed by atoms with Crippen LogP contribution in [0.5, 0.6) is 0 Å². The maximum absolute atomic E-state index is 12.4. The van der Waals surface area contributed by atoms with E-state index in [1.54, 1.807) is 7.05 Å². The Hall–Kier alpha value is -1.36. The van der Waals surface area contributed by atoms with Gasteiger partial charge in [-0.2, -0.15) is 13.2 Å². The summed E-state index contributed by atoms with van der Waals surface area (Å²) < 4.78 is 37.2. The Kier molecular flexibility index (Phi) is 4.69. The Labute approximate surface area is 97.8 Å². The third kappa shape index (κ3) is 4.56. The molecule has 0 heterocycles. The van der Waals surface area contributed by atoms with Gasteiger partial charge in [0.2, 0.25) is 0 Å². The minimum absolute atomic E-state index is 0.0472. The summed E-state index contributed by atoms with van der Waals surface area (Å²) >= 11 is 0. The summed E-state index contributed by atoms with van der Waals surface area (Å²) in [5.74, 6) is -0.0707. The Morgan fingerprint density at radius 2 is 2.06 bits per heavy atom. The van der Waals surface area contributed by atoms with Crippen LogP contribution in [0.4, 0.5) is 13.2 Å². The normalized spacial score (nSPS) is 11.5. The molecule has 0 unspecified atom stereocenters. The Morgan fingerprint density at radius 3 is 2.65 bits per heavy atom. The third-order valence-electron chi connectivity index (χ3n) is 2.31. The highest BCUT2D eigenvalue weighted by atomic mass is 19.4. The van der Waals surface area contributed by atoms with Crippen molar-refractivity contribution in [3.63, 3.8) is 0 Å². The molecule has 0 amide bonds. The molecule has 0 aliphatic carbocycles. The Morgan fingerprint density at radius 1 is 1.35 bits per heavy atom. The Bertz CT molecular complexity index is 388. The van der Waals surface area contributed by atoms with Gasteiger partial charge in [0, 0.05) is 19.4 Å². The zero-order chi connectivity index (χ0) is 12.9. The molecule has 0 bridgehead atoms. The van der Waals surface area contributed by atoms with Crippen molar-refractivity contribution < 1.29 is 18.0 Å². The van der Waals surface area contributed by atoms with Crippen molar-refractivity contribution in [3.05, 3.63) is 35.4 Å². The number of nitrogens with one attached hydrogen (secondary N) is 1. The first-order chi connectivity index (χ1) is 7.93. The zero-order valence-corrected chi connectivity index (χ0v) is 9.47. The molecule has 5 heteroatoms. The number of ketones is 1. The number of rotatable bonds is 5. The first-order valence-corrected chi connectivity index (χ1v) is 5.26. The molecule has 0 aliphatic heterocycles. The molecule has 2 nitrogen and oxygen atoms in total. The molecule has 0 saturated carbocycles. The van der Waals surface area contributed by atoms with Gasteiger partial charge in [-0.05, 0) is 18.7 Å². The summed E-state index contributed by atoms with van der Waals surface area (Å²) in [5.41, 5.74) is -0.308. The molecule has 0 radical (unpaired) electrons. The SMILES string of the molecule is CNCCC(=O)Cc1cccc(C(F)(F)F)c1. The lowest BCUT2D eigenvalue weighted by Gasteiger charge is -2.08. The molecule has 0 aliphatic rings. The van der Waals surface area contributed by atoms with Crippen LogP contribution in [0.15, 0.2) is 24.3 Å². The van der Waals surface area contributed by atoms with Crippen LogP contribution in [0.2, 0.25) is 0 Å². The molecular weight excluding hydrogens is 231 g/mol. The summed E-state index contributed by atoms with van der Waals surface area (Å²) in [4.78, 5) is 11.4. The van der Waals surface area contributed by atoms with E-state index in [9.17, 15) is 18.0 Å². The van der Waals surface area contributed by atoms with Crippen LogP contribution in [-0.4, -0.2) is 19.4 Å². The highest BCUT2D eigenvalue weighted by Gasteiger charge is 2.30. The standard InChI is InChI=1S/C12H14F3NO/c1-16-6-5-11(17)8-9-3-2-4-10(7-9)12(13,14)15/h2-4,7,16H,5-6,8H2,1H3. The zero-order valence-electron chi connectivity index (χ0n) is 9.47. The molecule has 0 aromatic heterocycles. The molecule has 0 fully saturated rings.